The van der Waals surface area contributed by atoms with Gasteiger partial charge in [-0.1, -0.05) is 12.1 Å². The van der Waals surface area contributed by atoms with Gasteiger partial charge >= 0.3 is 7.12 Å². The smallest absolute Gasteiger partial charge is 0.423 e. The fraction of sp³-hybridized carbons (Fsp3) is 0.417. The van der Waals surface area contributed by atoms with Crippen LogP contribution in [0.5, 0.6) is 0 Å². The molecule has 0 aliphatic carbocycles. The first kappa shape index (κ1) is 13.1. The van der Waals surface area contributed by atoms with Gasteiger partial charge in [0.1, 0.15) is 0 Å². The highest BCUT2D eigenvalue weighted by Crippen LogP contribution is 2.10. The van der Waals surface area contributed by atoms with Gasteiger partial charge in [-0.15, -0.1) is 0 Å². The van der Waals surface area contributed by atoms with Crippen LogP contribution in [0.25, 0.3) is 0 Å². The summed E-state index contributed by atoms with van der Waals surface area (Å²) in [4.78, 5) is 11.8. The molecule has 1 fully saturated rings. The molecule has 1 saturated heterocycles. The number of benzene rings is 1. The Labute approximate surface area is 106 Å². The highest BCUT2D eigenvalue weighted by atomic mass is 16.5. The lowest BCUT2D eigenvalue weighted by Gasteiger charge is -2.09. The zero-order chi connectivity index (χ0) is 13.0. The summed E-state index contributed by atoms with van der Waals surface area (Å²) in [7, 11) is -1.50. The van der Waals surface area contributed by atoms with E-state index in [9.17, 15) is 4.79 Å². The third-order valence-corrected chi connectivity index (χ3v) is 3.05. The molecule has 1 heterocycles. The summed E-state index contributed by atoms with van der Waals surface area (Å²) in [5.74, 6) is 0.244. The quantitative estimate of drug-likeness (QED) is 0.606. The lowest BCUT2D eigenvalue weighted by atomic mass is 9.80. The number of hydrogen-bond donors (Lipinski definition) is 3. The molecule has 5 nitrogen and oxygen atoms in total. The topological polar surface area (TPSA) is 78.8 Å². The van der Waals surface area contributed by atoms with Crippen LogP contribution in [0.1, 0.15) is 16.8 Å². The maximum absolute atomic E-state index is 11.8. The molecule has 2 rings (SSSR count). The van der Waals surface area contributed by atoms with Crippen molar-refractivity contribution < 1.29 is 19.6 Å². The molecule has 0 bridgehead atoms. The first-order valence-electron chi connectivity index (χ1n) is 5.99. The van der Waals surface area contributed by atoms with Gasteiger partial charge in [-0.05, 0) is 24.0 Å². The molecular formula is C12H16BNO4. The second kappa shape index (κ2) is 5.99. The van der Waals surface area contributed by atoms with Crippen LogP contribution in [0, 0.1) is 5.92 Å². The molecule has 1 atom stereocenters. The molecule has 1 aromatic rings. The largest absolute Gasteiger partial charge is 0.488 e. The van der Waals surface area contributed by atoms with E-state index in [1.54, 1.807) is 12.1 Å². The number of nitrogens with one attached hydrogen (secondary N) is 1. The van der Waals surface area contributed by atoms with Crippen LogP contribution < -0.4 is 10.8 Å². The molecular weight excluding hydrogens is 233 g/mol. The van der Waals surface area contributed by atoms with E-state index >= 15 is 0 Å². The number of hydrogen-bond acceptors (Lipinski definition) is 4. The summed E-state index contributed by atoms with van der Waals surface area (Å²) in [5, 5.41) is 20.7. The van der Waals surface area contributed by atoms with Crippen LogP contribution >= 0.6 is 0 Å². The second-order valence-corrected chi connectivity index (χ2v) is 4.44. The van der Waals surface area contributed by atoms with Crippen LogP contribution in [0.4, 0.5) is 0 Å². The van der Waals surface area contributed by atoms with E-state index < -0.39 is 7.12 Å². The van der Waals surface area contributed by atoms with Crippen molar-refractivity contribution in [3.8, 4) is 0 Å². The van der Waals surface area contributed by atoms with Gasteiger partial charge in [0.2, 0.25) is 0 Å². The highest BCUT2D eigenvalue weighted by molar-refractivity contribution is 6.58. The van der Waals surface area contributed by atoms with Crippen molar-refractivity contribution in [2.24, 2.45) is 5.92 Å². The summed E-state index contributed by atoms with van der Waals surface area (Å²) >= 11 is 0. The van der Waals surface area contributed by atoms with Crippen molar-refractivity contribution in [2.75, 3.05) is 19.8 Å². The van der Waals surface area contributed by atoms with Gasteiger partial charge in [-0.25, -0.2) is 0 Å². The molecule has 0 spiro atoms. The van der Waals surface area contributed by atoms with E-state index in [1.165, 1.54) is 12.1 Å². The van der Waals surface area contributed by atoms with Crippen molar-refractivity contribution in [2.45, 2.75) is 6.42 Å². The predicted molar refractivity (Wildman–Crippen MR) is 67.5 cm³/mol. The average molecular weight is 249 g/mol. The molecule has 1 aliphatic heterocycles. The van der Waals surface area contributed by atoms with Crippen molar-refractivity contribution in [1.29, 1.82) is 0 Å². The fourth-order valence-electron chi connectivity index (χ4n) is 1.89. The minimum atomic E-state index is -1.50. The number of amides is 1. The Morgan fingerprint density at radius 2 is 2.11 bits per heavy atom. The Hall–Kier alpha value is -1.37. The summed E-state index contributed by atoms with van der Waals surface area (Å²) < 4.78 is 5.23. The standard InChI is InChI=1S/C12H16BNO4/c15-12(14-7-9-5-6-18-8-9)10-1-3-11(4-2-10)13(16)17/h1-4,9,16-17H,5-8H2,(H,14,15). The number of carbonyl (C=O) groups excluding carboxylic acids is 1. The molecule has 1 unspecified atom stereocenters. The molecule has 1 amide bonds. The van der Waals surface area contributed by atoms with Crippen molar-refractivity contribution in [1.82, 2.24) is 5.32 Å². The maximum Gasteiger partial charge on any atom is 0.488 e. The molecule has 1 aromatic carbocycles. The van der Waals surface area contributed by atoms with Crippen molar-refractivity contribution in [3.63, 3.8) is 0 Å². The van der Waals surface area contributed by atoms with Gasteiger partial charge in [0.25, 0.3) is 5.91 Å². The lowest BCUT2D eigenvalue weighted by Crippen LogP contribution is -2.32. The van der Waals surface area contributed by atoms with E-state index in [1.807, 2.05) is 0 Å². The first-order chi connectivity index (χ1) is 8.66. The summed E-state index contributed by atoms with van der Waals surface area (Å²) in [6, 6.07) is 6.21. The lowest BCUT2D eigenvalue weighted by molar-refractivity contribution is 0.0945. The third kappa shape index (κ3) is 3.32. The van der Waals surface area contributed by atoms with E-state index in [0.29, 0.717) is 30.1 Å². The van der Waals surface area contributed by atoms with Crippen LogP contribution in [0.15, 0.2) is 24.3 Å². The van der Waals surface area contributed by atoms with Gasteiger partial charge in [0.05, 0.1) is 6.61 Å². The number of rotatable bonds is 4. The number of ether oxygens (including phenoxy) is 1. The van der Waals surface area contributed by atoms with Gasteiger partial charge < -0.3 is 20.1 Å². The van der Waals surface area contributed by atoms with E-state index in [2.05, 4.69) is 5.32 Å². The zero-order valence-electron chi connectivity index (χ0n) is 10.0. The van der Waals surface area contributed by atoms with Crippen molar-refractivity contribution in [3.05, 3.63) is 29.8 Å². The minimum Gasteiger partial charge on any atom is -0.423 e. The van der Waals surface area contributed by atoms with Crippen molar-refractivity contribution >= 4 is 18.5 Å². The summed E-state index contributed by atoms with van der Waals surface area (Å²) in [6.07, 6.45) is 0.982. The van der Waals surface area contributed by atoms with Crippen LogP contribution in [-0.2, 0) is 4.74 Å². The zero-order valence-corrected chi connectivity index (χ0v) is 10.0. The van der Waals surface area contributed by atoms with Crippen LogP contribution in [0.2, 0.25) is 0 Å². The predicted octanol–water partition coefficient (Wildman–Crippen LogP) is -0.867. The third-order valence-electron chi connectivity index (χ3n) is 3.05. The normalized spacial score (nSPS) is 18.7. The summed E-state index contributed by atoms with van der Waals surface area (Å²) in [5.41, 5.74) is 0.883. The van der Waals surface area contributed by atoms with Crippen LogP contribution in [-0.4, -0.2) is 42.8 Å². The monoisotopic (exact) mass is 249 g/mol. The fourth-order valence-corrected chi connectivity index (χ4v) is 1.89. The van der Waals surface area contributed by atoms with E-state index in [4.69, 9.17) is 14.8 Å². The molecule has 6 heteroatoms. The number of carbonyl (C=O) groups is 1. The molecule has 0 radical (unpaired) electrons. The molecule has 96 valence electrons. The molecule has 18 heavy (non-hydrogen) atoms. The molecule has 0 aromatic heterocycles. The SMILES string of the molecule is O=C(NCC1CCOC1)c1ccc(B(O)O)cc1. The highest BCUT2D eigenvalue weighted by Gasteiger charge is 2.17. The molecule has 3 N–H and O–H groups in total. The average Bonchev–Trinajstić information content (AvgIpc) is 2.89. The van der Waals surface area contributed by atoms with E-state index in [-0.39, 0.29) is 5.91 Å². The molecule has 1 aliphatic rings. The Balaban J connectivity index is 1.87. The Morgan fingerprint density at radius 1 is 1.39 bits per heavy atom. The second-order valence-electron chi connectivity index (χ2n) is 4.44. The van der Waals surface area contributed by atoms with E-state index in [0.717, 1.165) is 13.0 Å². The molecule has 0 saturated carbocycles. The van der Waals surface area contributed by atoms with Gasteiger partial charge in [-0.3, -0.25) is 4.79 Å². The maximum atomic E-state index is 11.8. The van der Waals surface area contributed by atoms with Crippen LogP contribution in [0.3, 0.4) is 0 Å². The van der Waals surface area contributed by atoms with Gasteiger partial charge in [-0.2, -0.15) is 0 Å². The summed E-state index contributed by atoms with van der Waals surface area (Å²) in [6.45, 7) is 2.09. The Kier molecular flexibility index (Phi) is 4.35. The Bertz CT molecular complexity index is 401. The Morgan fingerprint density at radius 3 is 2.67 bits per heavy atom. The van der Waals surface area contributed by atoms with Gasteiger partial charge in [0, 0.05) is 24.6 Å². The first-order valence-corrected chi connectivity index (χ1v) is 5.99. The van der Waals surface area contributed by atoms with Gasteiger partial charge in [0.15, 0.2) is 0 Å². The minimum absolute atomic E-state index is 0.152.